The van der Waals surface area contributed by atoms with Crippen molar-refractivity contribution in [1.29, 1.82) is 0 Å². The molecule has 1 atom stereocenters. The minimum atomic E-state index is -5.73. The molecule has 0 saturated heterocycles. The highest BCUT2D eigenvalue weighted by molar-refractivity contribution is 5.59. The van der Waals surface area contributed by atoms with Crippen molar-refractivity contribution in [2.75, 3.05) is 12.3 Å². The molecule has 0 aromatic carbocycles. The monoisotopic (exact) mass is 342 g/mol. The first-order chi connectivity index (χ1) is 10.6. The summed E-state index contributed by atoms with van der Waals surface area (Å²) >= 11 is 0. The maximum atomic E-state index is 13.2. The summed E-state index contributed by atoms with van der Waals surface area (Å²) in [6, 6.07) is 0. The molecule has 2 heterocycles. The van der Waals surface area contributed by atoms with Crippen LogP contribution in [-0.4, -0.2) is 49.6 Å². The third-order valence-corrected chi connectivity index (χ3v) is 2.52. The zero-order valence-electron chi connectivity index (χ0n) is 11.0. The molecule has 0 aliphatic heterocycles. The van der Waals surface area contributed by atoms with Crippen LogP contribution in [0.1, 0.15) is 0 Å². The minimum absolute atomic E-state index is 0.0940. The summed E-state index contributed by atoms with van der Waals surface area (Å²) in [6.07, 6.45) is -6.94. The van der Waals surface area contributed by atoms with Gasteiger partial charge in [0.05, 0.1) is 0 Å². The number of ether oxygens (including phenoxy) is 1. The first-order valence-electron chi connectivity index (χ1n) is 5.80. The van der Waals surface area contributed by atoms with E-state index in [9.17, 15) is 26.3 Å². The van der Waals surface area contributed by atoms with E-state index in [1.807, 2.05) is 0 Å². The van der Waals surface area contributed by atoms with Crippen LogP contribution in [0.5, 0.6) is 5.88 Å². The number of alkyl halides is 6. The fourth-order valence-corrected chi connectivity index (χ4v) is 1.46. The van der Waals surface area contributed by atoms with Gasteiger partial charge in [0, 0.05) is 0 Å². The number of anilines is 1. The first kappa shape index (κ1) is 16.8. The van der Waals surface area contributed by atoms with Crippen LogP contribution in [-0.2, 0) is 0 Å². The lowest BCUT2D eigenvalue weighted by Crippen LogP contribution is -2.45. The average molecular weight is 342 g/mol. The lowest BCUT2D eigenvalue weighted by atomic mass is 10.2. The summed E-state index contributed by atoms with van der Waals surface area (Å²) in [6.45, 7) is -1.91. The molecule has 126 valence electrons. The Hall–Kier alpha value is -2.60. The molecule has 0 spiro atoms. The molecule has 0 saturated carbocycles. The zero-order valence-corrected chi connectivity index (χ0v) is 11.0. The molecule has 2 rings (SSSR count). The number of halogens is 6. The molecule has 1 unspecified atom stereocenters. The number of hydrogen-bond acceptors (Lipinski definition) is 6. The van der Waals surface area contributed by atoms with Gasteiger partial charge in [0.25, 0.3) is 6.17 Å². The van der Waals surface area contributed by atoms with E-state index in [2.05, 4.69) is 24.8 Å². The maximum Gasteiger partial charge on any atom is 0.425 e. The Morgan fingerprint density at radius 3 is 2.43 bits per heavy atom. The Balaban J connectivity index is 2.17. The van der Waals surface area contributed by atoms with Crippen molar-refractivity contribution < 1.29 is 31.1 Å². The fourth-order valence-electron chi connectivity index (χ4n) is 1.46. The number of nitrogens with zero attached hydrogens (tertiary/aromatic N) is 5. The van der Waals surface area contributed by atoms with Crippen LogP contribution in [0.15, 0.2) is 19.0 Å². The first-order valence-corrected chi connectivity index (χ1v) is 5.80. The molecule has 2 aromatic heterocycles. The molecule has 0 bridgehead atoms. The highest BCUT2D eigenvalue weighted by Crippen LogP contribution is 2.35. The Morgan fingerprint density at radius 2 is 1.87 bits per heavy atom. The third-order valence-electron chi connectivity index (χ3n) is 2.52. The minimum Gasteiger partial charge on any atom is -0.470 e. The van der Waals surface area contributed by atoms with E-state index in [4.69, 9.17) is 5.73 Å². The van der Waals surface area contributed by atoms with Gasteiger partial charge in [0.1, 0.15) is 24.7 Å². The molecule has 0 aliphatic rings. The topological polar surface area (TPSA) is 91.7 Å². The van der Waals surface area contributed by atoms with Crippen molar-refractivity contribution >= 4 is 5.69 Å². The van der Waals surface area contributed by atoms with Gasteiger partial charge in [-0.1, -0.05) is 0 Å². The van der Waals surface area contributed by atoms with E-state index in [-0.39, 0.29) is 11.5 Å². The van der Waals surface area contributed by atoms with Crippen molar-refractivity contribution in [1.82, 2.24) is 24.7 Å². The normalized spacial score (nSPS) is 13.8. The molecule has 0 radical (unpaired) electrons. The molecule has 0 aliphatic carbocycles. The van der Waals surface area contributed by atoms with Gasteiger partial charge in [-0.25, -0.2) is 19.0 Å². The molecular formula is C10H8F6N6O. The van der Waals surface area contributed by atoms with Crippen molar-refractivity contribution in [3.63, 3.8) is 0 Å². The van der Waals surface area contributed by atoms with Gasteiger partial charge in [-0.2, -0.15) is 32.0 Å². The fraction of sp³-hybridized carbons (Fsp3) is 0.400. The molecule has 7 nitrogen and oxygen atoms in total. The van der Waals surface area contributed by atoms with Crippen LogP contribution in [0.3, 0.4) is 0 Å². The van der Waals surface area contributed by atoms with E-state index < -0.39 is 30.8 Å². The van der Waals surface area contributed by atoms with E-state index >= 15 is 0 Å². The van der Waals surface area contributed by atoms with E-state index in [1.54, 1.807) is 0 Å². The van der Waals surface area contributed by atoms with Gasteiger partial charge in [-0.05, 0) is 0 Å². The smallest absolute Gasteiger partial charge is 0.425 e. The SMILES string of the molecule is Nc1c(OCC(F)(F)C(F)C(F)(F)F)ncnc1-n1cncn1. The summed E-state index contributed by atoms with van der Waals surface area (Å²) < 4.78 is 80.6. The molecule has 23 heavy (non-hydrogen) atoms. The van der Waals surface area contributed by atoms with Gasteiger partial charge in [0.15, 0.2) is 12.4 Å². The van der Waals surface area contributed by atoms with Crippen LogP contribution in [0.2, 0.25) is 0 Å². The predicted molar refractivity (Wildman–Crippen MR) is 62.8 cm³/mol. The maximum absolute atomic E-state index is 13.2. The van der Waals surface area contributed by atoms with Gasteiger partial charge >= 0.3 is 12.1 Å². The molecule has 13 heteroatoms. The Morgan fingerprint density at radius 1 is 1.17 bits per heavy atom. The largest absolute Gasteiger partial charge is 0.470 e. The van der Waals surface area contributed by atoms with E-state index in [0.29, 0.717) is 0 Å². The van der Waals surface area contributed by atoms with Gasteiger partial charge < -0.3 is 10.5 Å². The van der Waals surface area contributed by atoms with Crippen molar-refractivity contribution in [2.24, 2.45) is 0 Å². The Bertz CT molecular complexity index is 660. The highest BCUT2D eigenvalue weighted by atomic mass is 19.4. The standard InChI is InChI=1S/C10H8F6N6O/c11-8(10(14,15)16)9(12,13)1-23-7-5(17)6(19-3-20-7)22-4-18-2-21-22/h2-4,8H,1,17H2. The second-order valence-corrected chi connectivity index (χ2v) is 4.21. The second-order valence-electron chi connectivity index (χ2n) is 4.21. The second kappa shape index (κ2) is 5.89. The van der Waals surface area contributed by atoms with Crippen LogP contribution in [0.25, 0.3) is 5.82 Å². The molecule has 0 amide bonds. The molecule has 0 fully saturated rings. The van der Waals surface area contributed by atoms with Crippen LogP contribution in [0, 0.1) is 0 Å². The number of nitrogens with two attached hydrogens (primary N) is 1. The van der Waals surface area contributed by atoms with Gasteiger partial charge in [-0.15, -0.1) is 0 Å². The highest BCUT2D eigenvalue weighted by Gasteiger charge is 2.57. The summed E-state index contributed by atoms with van der Waals surface area (Å²) in [5.41, 5.74) is 5.19. The van der Waals surface area contributed by atoms with E-state index in [1.165, 1.54) is 6.33 Å². The summed E-state index contributed by atoms with van der Waals surface area (Å²) in [7, 11) is 0. The lowest BCUT2D eigenvalue weighted by molar-refractivity contribution is -0.250. The van der Waals surface area contributed by atoms with Crippen LogP contribution >= 0.6 is 0 Å². The van der Waals surface area contributed by atoms with Crippen LogP contribution < -0.4 is 10.5 Å². The van der Waals surface area contributed by atoms with Crippen molar-refractivity contribution in [3.05, 3.63) is 19.0 Å². The Kier molecular flexibility index (Phi) is 4.29. The molecule has 2 N–H and O–H groups in total. The van der Waals surface area contributed by atoms with Gasteiger partial charge in [0.2, 0.25) is 5.88 Å². The number of rotatable bonds is 5. The molecular weight excluding hydrogens is 334 g/mol. The van der Waals surface area contributed by atoms with Crippen molar-refractivity contribution in [3.8, 4) is 11.7 Å². The summed E-state index contributed by atoms with van der Waals surface area (Å²) in [4.78, 5) is 10.7. The number of hydrogen-bond donors (Lipinski definition) is 1. The zero-order chi connectivity index (χ0) is 17.3. The number of aromatic nitrogens is 5. The van der Waals surface area contributed by atoms with Crippen molar-refractivity contribution in [2.45, 2.75) is 18.3 Å². The predicted octanol–water partition coefficient (Wildman–Crippen LogP) is 1.55. The Labute approximate surface area is 124 Å². The molecule has 2 aromatic rings. The summed E-state index contributed by atoms with van der Waals surface area (Å²) in [5, 5.41) is 3.68. The third kappa shape index (κ3) is 3.60. The quantitative estimate of drug-likeness (QED) is 0.829. The average Bonchev–Trinajstić information content (AvgIpc) is 2.98. The van der Waals surface area contributed by atoms with Crippen LogP contribution in [0.4, 0.5) is 32.0 Å². The summed E-state index contributed by atoms with van der Waals surface area (Å²) in [5.74, 6) is -5.55. The van der Waals surface area contributed by atoms with E-state index in [0.717, 1.165) is 17.3 Å². The van der Waals surface area contributed by atoms with Gasteiger partial charge in [-0.3, -0.25) is 0 Å². The number of nitrogen functional groups attached to an aromatic ring is 1. The lowest BCUT2D eigenvalue weighted by Gasteiger charge is -2.22.